The fourth-order valence-electron chi connectivity index (χ4n) is 9.44. The third kappa shape index (κ3) is 18.3. The highest BCUT2D eigenvalue weighted by Crippen LogP contribution is 2.41. The lowest BCUT2D eigenvalue weighted by Gasteiger charge is -2.46. The molecule has 0 spiro atoms. The molecule has 1 heterocycles. The summed E-state index contributed by atoms with van der Waals surface area (Å²) in [5.41, 5.74) is -28.8. The van der Waals surface area contributed by atoms with Gasteiger partial charge >= 0.3 is 49.4 Å². The Kier molecular flexibility index (Phi) is 21.3. The van der Waals surface area contributed by atoms with Crippen LogP contribution in [-0.4, -0.2) is 17.7 Å². The smallest absolute Gasteiger partial charge is 0.294 e. The minimum Gasteiger partial charge on any atom is -0.294 e. The van der Waals surface area contributed by atoms with E-state index in [9.17, 15) is 115 Å². The number of nitrogens with zero attached hydrogens (tertiary/aromatic N) is 1. The first kappa shape index (κ1) is 68.8. The Morgan fingerprint density at radius 3 is 0.835 bits per heavy atom. The Labute approximate surface area is 468 Å². The van der Waals surface area contributed by atoms with Crippen molar-refractivity contribution >= 4 is 39.6 Å². The maximum atomic E-state index is 14.2. The number of alkyl halides is 24. The number of ketones is 2. The summed E-state index contributed by atoms with van der Waals surface area (Å²) in [6.45, 7) is 2.53. The third-order valence-electron chi connectivity index (χ3n) is 13.6. The first-order valence-corrected chi connectivity index (χ1v) is 25.4. The van der Waals surface area contributed by atoms with Gasteiger partial charge in [0.1, 0.15) is 6.15 Å². The molecule has 0 saturated heterocycles. The number of benzene rings is 5. The van der Waals surface area contributed by atoms with Crippen molar-refractivity contribution < 1.29 is 120 Å². The van der Waals surface area contributed by atoms with Crippen LogP contribution in [0, 0.1) is 0 Å². The van der Waals surface area contributed by atoms with Gasteiger partial charge < -0.3 is 0 Å². The van der Waals surface area contributed by atoms with Crippen molar-refractivity contribution in [3.63, 3.8) is 0 Å². The number of hydrogen-bond donors (Lipinski definition) is 0. The first-order chi connectivity index (χ1) is 39.0. The topological polar surface area (TPSA) is 38.0 Å². The summed E-state index contributed by atoms with van der Waals surface area (Å²) in [4.78, 5) is 24.6. The number of carbonyl (C=O) groups is 2. The highest BCUT2D eigenvalue weighted by Gasteiger charge is 2.47. The van der Waals surface area contributed by atoms with Crippen LogP contribution >= 0.6 is 0 Å². The summed E-state index contributed by atoms with van der Waals surface area (Å²) in [7, 11) is 0. The highest BCUT2D eigenvalue weighted by molar-refractivity contribution is 7.20. The SMILES string of the molecule is CCCCCCCCCCCC(=O)c1cc[n+](CC(=O)c2ccccc2)cc1.FC(F)(F)c1cc([B-](c2cc(C(F)(F)F)cc(C(F)(F)F)c2)(c2cc(C(F)(F)F)cc(C(F)(F)F)c2)c2cc(C(F)(F)F)cc(C(F)(F)F)c2)cc(C(F)(F)F)c1. The molecule has 0 unspecified atom stereocenters. The fraction of sp³-hybridized carbons (Fsp3) is 0.351. The summed E-state index contributed by atoms with van der Waals surface area (Å²) in [5, 5.41) is 0. The molecule has 0 radical (unpaired) electrons. The average Bonchev–Trinajstić information content (AvgIpc) is 1.02. The zero-order chi connectivity index (χ0) is 63.9. The van der Waals surface area contributed by atoms with Crippen molar-refractivity contribution in [3.05, 3.63) is 183 Å². The van der Waals surface area contributed by atoms with Gasteiger partial charge in [-0.2, -0.15) is 132 Å². The van der Waals surface area contributed by atoms with Gasteiger partial charge in [0, 0.05) is 29.7 Å². The van der Waals surface area contributed by atoms with Crippen molar-refractivity contribution in [2.45, 2.75) is 127 Å². The average molecular weight is 1240 g/mol. The minimum absolute atomic E-state index is 0.0689. The molecule has 0 aliphatic heterocycles. The Morgan fingerprint density at radius 2 is 0.576 bits per heavy atom. The third-order valence-corrected chi connectivity index (χ3v) is 13.6. The maximum Gasteiger partial charge on any atom is 0.416 e. The Bertz CT molecular complexity index is 2800. The van der Waals surface area contributed by atoms with Gasteiger partial charge in [-0.25, -0.2) is 0 Å². The van der Waals surface area contributed by atoms with Crippen LogP contribution in [0.25, 0.3) is 0 Å². The van der Waals surface area contributed by atoms with E-state index in [0.717, 1.165) is 18.4 Å². The second-order valence-electron chi connectivity index (χ2n) is 19.8. The fourth-order valence-corrected chi connectivity index (χ4v) is 9.44. The lowest BCUT2D eigenvalue weighted by atomic mass is 9.12. The van der Waals surface area contributed by atoms with E-state index in [0.29, 0.717) is 12.0 Å². The van der Waals surface area contributed by atoms with Gasteiger partial charge in [-0.3, -0.25) is 9.59 Å². The van der Waals surface area contributed by atoms with Gasteiger partial charge in [0.15, 0.2) is 18.2 Å². The Balaban J connectivity index is 0.000000393. The van der Waals surface area contributed by atoms with E-state index in [1.165, 1.54) is 44.9 Å². The van der Waals surface area contributed by atoms with Crippen LogP contribution in [0.2, 0.25) is 0 Å². The number of hydrogen-bond acceptors (Lipinski definition) is 2. The van der Waals surface area contributed by atoms with Gasteiger partial charge in [0.2, 0.25) is 12.3 Å². The molecule has 0 atom stereocenters. The van der Waals surface area contributed by atoms with Gasteiger partial charge in [0.25, 0.3) is 0 Å². The Morgan fingerprint density at radius 1 is 0.329 bits per heavy atom. The lowest BCUT2D eigenvalue weighted by Crippen LogP contribution is -2.75. The van der Waals surface area contributed by atoms with Gasteiger partial charge in [-0.05, 0) is 30.7 Å². The molecule has 1 aromatic heterocycles. The second kappa shape index (κ2) is 26.3. The molecule has 0 bridgehead atoms. The van der Waals surface area contributed by atoms with Crippen molar-refractivity contribution in [1.82, 2.24) is 0 Å². The summed E-state index contributed by atoms with van der Waals surface area (Å²) >= 11 is 0. The van der Waals surface area contributed by atoms with E-state index in [2.05, 4.69) is 6.92 Å². The van der Waals surface area contributed by atoms with Crippen molar-refractivity contribution in [2.24, 2.45) is 0 Å². The number of rotatable bonds is 18. The van der Waals surface area contributed by atoms with Gasteiger partial charge in [-0.1, -0.05) is 137 Å². The quantitative estimate of drug-likeness (QED) is 0.0283. The van der Waals surface area contributed by atoms with Crippen molar-refractivity contribution in [2.75, 3.05) is 0 Å². The number of Topliss-reactive ketones (excluding diaryl/α,β-unsaturated/α-hetero) is 2. The zero-order valence-electron chi connectivity index (χ0n) is 43.8. The van der Waals surface area contributed by atoms with Crippen LogP contribution in [0.1, 0.15) is 136 Å². The normalized spacial score (nSPS) is 13.1. The summed E-state index contributed by atoms with van der Waals surface area (Å²) in [6, 6.07) is 4.13. The van der Waals surface area contributed by atoms with Crippen LogP contribution in [0.3, 0.4) is 0 Å². The molecule has 0 fully saturated rings. The standard InChI is InChI=1S/C32H12BF24.C25H34NO2/c34-25(35,36)13-1-14(26(37,38)39)6-21(5-13)33(22-7-15(27(40,41)42)2-16(8-22)28(43,44)45,23-9-17(29(46,47)48)3-18(10-23)30(49,50)51)24-11-19(31(52,53)54)4-20(12-24)32(55,56)57;1-2-3-4-5-6-7-8-9-13-16-24(27)23-17-19-26(20-18-23)21-25(28)22-14-11-10-12-15-22/h1-12H;10-12,14-15,17-20H,2-9,13,16,21H2,1H3/q-1;+1. The van der Waals surface area contributed by atoms with Crippen LogP contribution in [0.15, 0.2) is 128 Å². The summed E-state index contributed by atoms with van der Waals surface area (Å²) < 4.78 is 343. The molecule has 6 rings (SSSR count). The number of unbranched alkanes of at least 4 members (excludes halogenated alkanes) is 8. The Hall–Kier alpha value is -7.03. The van der Waals surface area contributed by atoms with Crippen LogP contribution < -0.4 is 26.4 Å². The van der Waals surface area contributed by atoms with E-state index in [4.69, 9.17) is 0 Å². The molecule has 28 heteroatoms. The number of aromatic nitrogens is 1. The van der Waals surface area contributed by atoms with E-state index in [-0.39, 0.29) is 18.1 Å². The molecule has 462 valence electrons. The zero-order valence-corrected chi connectivity index (χ0v) is 43.8. The molecular weight excluding hydrogens is 1200 g/mol. The van der Waals surface area contributed by atoms with Crippen LogP contribution in [0.5, 0.6) is 0 Å². The lowest BCUT2D eigenvalue weighted by molar-refractivity contribution is -0.683. The molecule has 0 N–H and O–H groups in total. The molecule has 0 aliphatic carbocycles. The predicted molar refractivity (Wildman–Crippen MR) is 264 cm³/mol. The summed E-state index contributed by atoms with van der Waals surface area (Å²) in [5.74, 6) is 0.267. The molecule has 0 saturated carbocycles. The van der Waals surface area contributed by atoms with Crippen molar-refractivity contribution in [3.8, 4) is 0 Å². The second-order valence-corrected chi connectivity index (χ2v) is 19.8. The molecule has 5 aromatic carbocycles. The number of carbonyl (C=O) groups excluding carboxylic acids is 2. The van der Waals surface area contributed by atoms with Gasteiger partial charge in [0.05, 0.1) is 44.5 Å². The molecule has 0 aliphatic rings. The molecule has 3 nitrogen and oxygen atoms in total. The number of halogens is 24. The van der Waals surface area contributed by atoms with Crippen LogP contribution in [0.4, 0.5) is 105 Å². The predicted octanol–water partition coefficient (Wildman–Crippen LogP) is 17.2. The van der Waals surface area contributed by atoms with E-state index in [1.807, 2.05) is 59.4 Å². The molecule has 6 aromatic rings. The van der Waals surface area contributed by atoms with Gasteiger partial charge in [-0.15, -0.1) is 0 Å². The van der Waals surface area contributed by atoms with E-state index >= 15 is 0 Å². The largest absolute Gasteiger partial charge is 0.416 e. The number of pyridine rings is 1. The first-order valence-electron chi connectivity index (χ1n) is 25.4. The van der Waals surface area contributed by atoms with Crippen LogP contribution in [-0.2, 0) is 56.0 Å². The molecule has 0 amide bonds. The van der Waals surface area contributed by atoms with Crippen molar-refractivity contribution in [1.29, 1.82) is 0 Å². The van der Waals surface area contributed by atoms with E-state index in [1.54, 1.807) is 0 Å². The van der Waals surface area contributed by atoms with E-state index < -0.39 is 195 Å². The monoisotopic (exact) mass is 1240 g/mol. The summed E-state index contributed by atoms with van der Waals surface area (Å²) in [6.07, 6.45) is -39.2. The molecule has 85 heavy (non-hydrogen) atoms. The minimum atomic E-state index is -6.13. The maximum absolute atomic E-state index is 14.2. The highest BCUT2D eigenvalue weighted by atomic mass is 19.4. The molecular formula is C57H46BF24NO2.